The molecular weight excluding hydrogens is 274 g/mol. The Morgan fingerprint density at radius 3 is 2.41 bits per heavy atom. The maximum Gasteiger partial charge on any atom is 0.261 e. The van der Waals surface area contributed by atoms with Crippen molar-refractivity contribution in [2.24, 2.45) is 0 Å². The number of carbonyl (C=O) groups excluding carboxylic acids is 1. The number of carbonyl (C=O) groups is 1. The van der Waals surface area contributed by atoms with Crippen LogP contribution in [0.25, 0.3) is 11.8 Å². The third-order valence-electron chi connectivity index (χ3n) is 3.65. The molecule has 0 radical (unpaired) electrons. The molecule has 1 heterocycles. The van der Waals surface area contributed by atoms with Crippen molar-refractivity contribution in [3.05, 3.63) is 58.4 Å². The van der Waals surface area contributed by atoms with Gasteiger partial charge in [0.25, 0.3) is 5.91 Å². The van der Waals surface area contributed by atoms with Crippen LogP contribution in [0.5, 0.6) is 0 Å². The van der Waals surface area contributed by atoms with Crippen LogP contribution in [0.4, 0.5) is 0 Å². The van der Waals surface area contributed by atoms with Gasteiger partial charge in [-0.15, -0.1) is 0 Å². The molecule has 1 aromatic heterocycles. The van der Waals surface area contributed by atoms with Gasteiger partial charge in [0.05, 0.1) is 0 Å². The average Bonchev–Trinajstić information content (AvgIpc) is 2.79. The van der Waals surface area contributed by atoms with Crippen LogP contribution in [0.2, 0.25) is 0 Å². The van der Waals surface area contributed by atoms with Crippen LogP contribution in [0.3, 0.4) is 0 Å². The van der Waals surface area contributed by atoms with E-state index >= 15 is 0 Å². The summed E-state index contributed by atoms with van der Waals surface area (Å²) in [4.78, 5) is 11.6. The molecule has 112 valence electrons. The minimum absolute atomic E-state index is 0.103. The molecule has 1 amide bonds. The van der Waals surface area contributed by atoms with E-state index in [4.69, 9.17) is 5.26 Å². The number of nitrogens with one attached hydrogen (secondary N) is 1. The summed E-state index contributed by atoms with van der Waals surface area (Å²) in [7, 11) is 1.52. The third kappa shape index (κ3) is 2.94. The first kappa shape index (κ1) is 15.6. The molecule has 0 aliphatic rings. The molecule has 0 unspecified atom stereocenters. The monoisotopic (exact) mass is 293 g/mol. The molecule has 0 atom stereocenters. The summed E-state index contributed by atoms with van der Waals surface area (Å²) >= 11 is 0. The topological polar surface area (TPSA) is 57.8 Å². The second-order valence-electron chi connectivity index (χ2n) is 5.25. The molecule has 0 saturated carbocycles. The SMILES string of the molecule is CNC(=O)/C(C#N)=C/c1cc(C)n(-c2ccc(C)cc2)c1C. The number of aromatic nitrogens is 1. The van der Waals surface area contributed by atoms with Gasteiger partial charge in [-0.2, -0.15) is 5.26 Å². The zero-order valence-electron chi connectivity index (χ0n) is 13.3. The standard InChI is InChI=1S/C18H19N3O/c1-12-5-7-17(8-6-12)21-13(2)9-15(14(21)3)10-16(11-19)18(22)20-4/h5-10H,1-4H3,(H,20,22)/b16-10+. The van der Waals surface area contributed by atoms with Gasteiger partial charge in [0.15, 0.2) is 0 Å². The largest absolute Gasteiger partial charge is 0.354 e. The minimum atomic E-state index is -0.373. The van der Waals surface area contributed by atoms with Gasteiger partial charge < -0.3 is 9.88 Å². The van der Waals surface area contributed by atoms with Gasteiger partial charge in [0.1, 0.15) is 11.6 Å². The Hall–Kier alpha value is -2.80. The Balaban J connectivity index is 2.52. The van der Waals surface area contributed by atoms with E-state index < -0.39 is 0 Å². The molecule has 0 aliphatic carbocycles. The van der Waals surface area contributed by atoms with E-state index in [1.54, 1.807) is 6.08 Å². The third-order valence-corrected chi connectivity index (χ3v) is 3.65. The zero-order valence-corrected chi connectivity index (χ0v) is 13.3. The summed E-state index contributed by atoms with van der Waals surface area (Å²) in [5, 5.41) is 11.6. The van der Waals surface area contributed by atoms with E-state index in [2.05, 4.69) is 41.1 Å². The lowest BCUT2D eigenvalue weighted by Crippen LogP contribution is -2.19. The smallest absolute Gasteiger partial charge is 0.261 e. The Bertz CT molecular complexity index is 774. The van der Waals surface area contributed by atoms with Crippen LogP contribution in [-0.4, -0.2) is 17.5 Å². The van der Waals surface area contributed by atoms with E-state index in [1.165, 1.54) is 12.6 Å². The van der Waals surface area contributed by atoms with Crippen molar-refractivity contribution in [2.45, 2.75) is 20.8 Å². The van der Waals surface area contributed by atoms with Crippen LogP contribution in [0.15, 0.2) is 35.9 Å². The van der Waals surface area contributed by atoms with Gasteiger partial charge >= 0.3 is 0 Å². The van der Waals surface area contributed by atoms with Crippen molar-refractivity contribution in [3.63, 3.8) is 0 Å². The summed E-state index contributed by atoms with van der Waals surface area (Å²) < 4.78 is 2.12. The normalized spacial score (nSPS) is 11.1. The Morgan fingerprint density at radius 1 is 1.23 bits per heavy atom. The molecule has 0 bridgehead atoms. The molecule has 4 nitrogen and oxygen atoms in total. The van der Waals surface area contributed by atoms with Gasteiger partial charge in [0, 0.05) is 24.1 Å². The van der Waals surface area contributed by atoms with Gasteiger partial charge in [-0.25, -0.2) is 0 Å². The highest BCUT2D eigenvalue weighted by Gasteiger charge is 2.12. The lowest BCUT2D eigenvalue weighted by molar-refractivity contribution is -0.116. The van der Waals surface area contributed by atoms with Crippen molar-refractivity contribution in [1.82, 2.24) is 9.88 Å². The van der Waals surface area contributed by atoms with Gasteiger partial charge in [-0.3, -0.25) is 4.79 Å². The van der Waals surface area contributed by atoms with Gasteiger partial charge in [-0.05, 0) is 50.6 Å². The van der Waals surface area contributed by atoms with E-state index in [-0.39, 0.29) is 11.5 Å². The number of hydrogen-bond acceptors (Lipinski definition) is 2. The van der Waals surface area contributed by atoms with Crippen LogP contribution >= 0.6 is 0 Å². The highest BCUT2D eigenvalue weighted by Crippen LogP contribution is 2.23. The molecule has 1 N–H and O–H groups in total. The molecule has 2 aromatic rings. The Labute approximate surface area is 130 Å². The van der Waals surface area contributed by atoms with Crippen molar-refractivity contribution in [2.75, 3.05) is 7.05 Å². The Kier molecular flexibility index (Phi) is 4.47. The van der Waals surface area contributed by atoms with Crippen molar-refractivity contribution >= 4 is 12.0 Å². The van der Waals surface area contributed by atoms with Crippen molar-refractivity contribution in [3.8, 4) is 11.8 Å². The summed E-state index contributed by atoms with van der Waals surface area (Å²) in [5.74, 6) is -0.373. The van der Waals surface area contributed by atoms with E-state index in [1.807, 2.05) is 26.0 Å². The second-order valence-corrected chi connectivity index (χ2v) is 5.25. The molecule has 0 spiro atoms. The van der Waals surface area contributed by atoms with Crippen LogP contribution in [0.1, 0.15) is 22.5 Å². The predicted octanol–water partition coefficient (Wildman–Crippen LogP) is 3.06. The number of amides is 1. The summed E-state index contributed by atoms with van der Waals surface area (Å²) in [5.41, 5.74) is 5.31. The van der Waals surface area contributed by atoms with Crippen molar-refractivity contribution < 1.29 is 4.79 Å². The fourth-order valence-corrected chi connectivity index (χ4v) is 2.46. The molecule has 1 aromatic carbocycles. The van der Waals surface area contributed by atoms with E-state index in [0.29, 0.717) is 0 Å². The molecule has 4 heteroatoms. The lowest BCUT2D eigenvalue weighted by Gasteiger charge is -2.10. The lowest BCUT2D eigenvalue weighted by atomic mass is 10.1. The molecule has 22 heavy (non-hydrogen) atoms. The van der Waals surface area contributed by atoms with E-state index in [0.717, 1.165) is 22.6 Å². The van der Waals surface area contributed by atoms with Crippen molar-refractivity contribution in [1.29, 1.82) is 5.26 Å². The number of nitriles is 1. The van der Waals surface area contributed by atoms with Crippen LogP contribution < -0.4 is 5.32 Å². The zero-order chi connectivity index (χ0) is 16.3. The number of hydrogen-bond donors (Lipinski definition) is 1. The van der Waals surface area contributed by atoms with Crippen LogP contribution in [-0.2, 0) is 4.79 Å². The summed E-state index contributed by atoms with van der Waals surface area (Å²) in [6.07, 6.45) is 1.63. The summed E-state index contributed by atoms with van der Waals surface area (Å²) in [6.45, 7) is 6.05. The van der Waals surface area contributed by atoms with Gasteiger partial charge in [0.2, 0.25) is 0 Å². The first-order valence-corrected chi connectivity index (χ1v) is 7.07. The summed E-state index contributed by atoms with van der Waals surface area (Å²) in [6, 6.07) is 12.2. The molecule has 0 fully saturated rings. The van der Waals surface area contributed by atoms with Gasteiger partial charge in [-0.1, -0.05) is 17.7 Å². The number of benzene rings is 1. The fourth-order valence-electron chi connectivity index (χ4n) is 2.46. The maximum atomic E-state index is 11.6. The minimum Gasteiger partial charge on any atom is -0.354 e. The number of rotatable bonds is 3. The number of likely N-dealkylation sites (N-methyl/N-ethyl adjacent to an activating group) is 1. The Morgan fingerprint density at radius 2 is 1.86 bits per heavy atom. The molecule has 0 aliphatic heterocycles. The van der Waals surface area contributed by atoms with E-state index in [9.17, 15) is 4.79 Å². The fraction of sp³-hybridized carbons (Fsp3) is 0.222. The quantitative estimate of drug-likeness (QED) is 0.698. The predicted molar refractivity (Wildman–Crippen MR) is 87.6 cm³/mol. The molecule has 0 saturated heterocycles. The first-order valence-electron chi connectivity index (χ1n) is 7.07. The number of nitrogens with zero attached hydrogens (tertiary/aromatic N) is 2. The molecule has 2 rings (SSSR count). The maximum absolute atomic E-state index is 11.6. The first-order chi connectivity index (χ1) is 10.5. The number of aryl methyl sites for hydroxylation is 2. The van der Waals surface area contributed by atoms with Crippen LogP contribution in [0, 0.1) is 32.1 Å². The highest BCUT2D eigenvalue weighted by molar-refractivity contribution is 6.01. The average molecular weight is 293 g/mol. The highest BCUT2D eigenvalue weighted by atomic mass is 16.1. The molecular formula is C18H19N3O. The second kappa shape index (κ2) is 6.31.